The maximum absolute atomic E-state index is 12.2. The molecule has 2 amide bonds. The second-order valence-corrected chi connectivity index (χ2v) is 7.36. The lowest BCUT2D eigenvalue weighted by Gasteiger charge is -2.06. The number of nitrogens with zero attached hydrogens (tertiary/aromatic N) is 2. The molecule has 150 valence electrons. The third kappa shape index (κ3) is 6.39. The molecule has 1 aromatic heterocycles. The van der Waals surface area contributed by atoms with Crippen LogP contribution in [0, 0.1) is 0 Å². The summed E-state index contributed by atoms with van der Waals surface area (Å²) in [5.74, 6) is 0.454. The van der Waals surface area contributed by atoms with Crippen LogP contribution in [0.5, 0.6) is 5.75 Å². The van der Waals surface area contributed by atoms with Gasteiger partial charge in [0.25, 0.3) is 5.91 Å². The van der Waals surface area contributed by atoms with Gasteiger partial charge in [0.05, 0.1) is 7.11 Å². The van der Waals surface area contributed by atoms with Crippen molar-refractivity contribution in [1.82, 2.24) is 15.5 Å². The Balaban J connectivity index is 1.40. The molecule has 0 saturated carbocycles. The molecule has 0 bridgehead atoms. The molecule has 0 spiro atoms. The zero-order chi connectivity index (χ0) is 20.5. The fourth-order valence-corrected chi connectivity index (χ4v) is 3.40. The first-order valence-electron chi connectivity index (χ1n) is 9.22. The lowest BCUT2D eigenvalue weighted by molar-refractivity contribution is -0.121. The van der Waals surface area contributed by atoms with Crippen molar-refractivity contribution < 1.29 is 14.3 Å². The molecule has 3 rings (SSSR count). The van der Waals surface area contributed by atoms with E-state index < -0.39 is 0 Å². The number of nitrogens with one attached hydrogen (secondary N) is 2. The van der Waals surface area contributed by atoms with Gasteiger partial charge in [-0.2, -0.15) is 0 Å². The van der Waals surface area contributed by atoms with Gasteiger partial charge in [-0.15, -0.1) is 10.2 Å². The summed E-state index contributed by atoms with van der Waals surface area (Å²) < 4.78 is 5.17. The Kier molecular flexibility index (Phi) is 7.29. The van der Waals surface area contributed by atoms with Crippen LogP contribution in [0.15, 0.2) is 54.6 Å². The fraction of sp³-hybridized carbons (Fsp3) is 0.238. The molecule has 2 N–H and O–H groups in total. The Bertz CT molecular complexity index is 959. The molecule has 1 heterocycles. The summed E-state index contributed by atoms with van der Waals surface area (Å²) >= 11 is 1.25. The minimum atomic E-state index is -0.281. The Hall–Kier alpha value is -3.26. The minimum absolute atomic E-state index is 0.0284. The highest BCUT2D eigenvalue weighted by Crippen LogP contribution is 2.15. The van der Waals surface area contributed by atoms with Crippen molar-refractivity contribution in [3.8, 4) is 5.75 Å². The second-order valence-electron chi connectivity index (χ2n) is 6.30. The lowest BCUT2D eigenvalue weighted by atomic mass is 10.2. The van der Waals surface area contributed by atoms with Crippen molar-refractivity contribution in [2.45, 2.75) is 25.8 Å². The number of hydrogen-bond donors (Lipinski definition) is 2. The zero-order valence-electron chi connectivity index (χ0n) is 16.1. The zero-order valence-corrected chi connectivity index (χ0v) is 16.9. The van der Waals surface area contributed by atoms with Crippen molar-refractivity contribution in [3.05, 3.63) is 70.2 Å². The number of hydrogen-bond acceptors (Lipinski definition) is 6. The largest absolute Gasteiger partial charge is 0.497 e. The van der Waals surface area contributed by atoms with Gasteiger partial charge in [-0.3, -0.25) is 9.59 Å². The predicted octanol–water partition coefficient (Wildman–Crippen LogP) is 3.44. The van der Waals surface area contributed by atoms with Gasteiger partial charge in [0, 0.05) is 25.1 Å². The maximum atomic E-state index is 12.2. The molecular weight excluding hydrogens is 388 g/mol. The van der Waals surface area contributed by atoms with Crippen LogP contribution in [0.3, 0.4) is 0 Å². The number of rotatable bonds is 9. The molecule has 8 heteroatoms. The van der Waals surface area contributed by atoms with Gasteiger partial charge in [0.15, 0.2) is 0 Å². The van der Waals surface area contributed by atoms with Crippen molar-refractivity contribution >= 4 is 28.8 Å². The number of methoxy groups -OCH3 is 1. The molecule has 7 nitrogen and oxygen atoms in total. The van der Waals surface area contributed by atoms with E-state index in [9.17, 15) is 9.59 Å². The normalized spacial score (nSPS) is 10.4. The fourth-order valence-electron chi connectivity index (χ4n) is 2.62. The molecule has 29 heavy (non-hydrogen) atoms. The first kappa shape index (κ1) is 20.5. The Labute approximate surface area is 173 Å². The average Bonchev–Trinajstić information content (AvgIpc) is 3.22. The van der Waals surface area contributed by atoms with E-state index in [-0.39, 0.29) is 11.8 Å². The van der Waals surface area contributed by atoms with Crippen LogP contribution in [0.2, 0.25) is 0 Å². The molecular formula is C21H22N4O3S. The summed E-state index contributed by atoms with van der Waals surface area (Å²) in [5.41, 5.74) is 1.69. The topological polar surface area (TPSA) is 93.2 Å². The van der Waals surface area contributed by atoms with E-state index in [1.807, 2.05) is 54.6 Å². The summed E-state index contributed by atoms with van der Waals surface area (Å²) in [6.45, 7) is 0.457. The van der Waals surface area contributed by atoms with E-state index in [1.54, 1.807) is 7.11 Å². The number of amides is 2. The van der Waals surface area contributed by atoms with Gasteiger partial charge < -0.3 is 15.4 Å². The van der Waals surface area contributed by atoms with Gasteiger partial charge in [0.1, 0.15) is 10.8 Å². The van der Waals surface area contributed by atoms with Crippen LogP contribution in [0.4, 0.5) is 5.69 Å². The highest BCUT2D eigenvalue weighted by Gasteiger charge is 2.13. The molecule has 0 atom stereocenters. The molecule has 0 saturated heterocycles. The monoisotopic (exact) mass is 410 g/mol. The van der Waals surface area contributed by atoms with Crippen LogP contribution in [-0.2, 0) is 17.8 Å². The van der Waals surface area contributed by atoms with Gasteiger partial charge in [0.2, 0.25) is 10.9 Å². The minimum Gasteiger partial charge on any atom is -0.497 e. The second kappa shape index (κ2) is 10.3. The third-order valence-corrected chi connectivity index (χ3v) is 5.09. The SMILES string of the molecule is COc1cccc(CNC(=O)CCCc2nnc(C(=O)Nc3ccccc3)s2)c1. The number of aryl methyl sites for hydroxylation is 1. The Morgan fingerprint density at radius 2 is 1.90 bits per heavy atom. The number of ether oxygens (including phenoxy) is 1. The summed E-state index contributed by atoms with van der Waals surface area (Å²) in [6.07, 6.45) is 1.62. The molecule has 0 aliphatic heterocycles. The van der Waals surface area contributed by atoms with Crippen LogP contribution in [-0.4, -0.2) is 29.1 Å². The Morgan fingerprint density at radius 1 is 1.07 bits per heavy atom. The average molecular weight is 410 g/mol. The molecule has 0 unspecified atom stereocenters. The van der Waals surface area contributed by atoms with Crippen molar-refractivity contribution in [2.24, 2.45) is 0 Å². The van der Waals surface area contributed by atoms with Gasteiger partial charge >= 0.3 is 0 Å². The van der Waals surface area contributed by atoms with Crippen molar-refractivity contribution in [2.75, 3.05) is 12.4 Å². The van der Waals surface area contributed by atoms with E-state index in [2.05, 4.69) is 20.8 Å². The van der Waals surface area contributed by atoms with Crippen LogP contribution < -0.4 is 15.4 Å². The van der Waals surface area contributed by atoms with Gasteiger partial charge in [-0.25, -0.2) is 0 Å². The number of carbonyl (C=O) groups is 2. The first-order valence-corrected chi connectivity index (χ1v) is 10.0. The van der Waals surface area contributed by atoms with Crippen LogP contribution in [0.1, 0.15) is 33.2 Å². The number of carbonyl (C=O) groups excluding carboxylic acids is 2. The summed E-state index contributed by atoms with van der Waals surface area (Å²) in [5, 5.41) is 14.7. The van der Waals surface area contributed by atoms with Crippen LogP contribution >= 0.6 is 11.3 Å². The molecule has 3 aromatic rings. The third-order valence-electron chi connectivity index (χ3n) is 4.11. The first-order chi connectivity index (χ1) is 14.1. The number of benzene rings is 2. The predicted molar refractivity (Wildman–Crippen MR) is 112 cm³/mol. The number of anilines is 1. The highest BCUT2D eigenvalue weighted by atomic mass is 32.1. The Morgan fingerprint density at radius 3 is 2.69 bits per heavy atom. The van der Waals surface area contributed by atoms with Crippen molar-refractivity contribution in [3.63, 3.8) is 0 Å². The maximum Gasteiger partial charge on any atom is 0.286 e. The number of aromatic nitrogens is 2. The van der Waals surface area contributed by atoms with Gasteiger partial charge in [-0.05, 0) is 36.2 Å². The molecule has 2 aromatic carbocycles. The van der Waals surface area contributed by atoms with Gasteiger partial charge in [-0.1, -0.05) is 41.7 Å². The van der Waals surface area contributed by atoms with E-state index in [1.165, 1.54) is 11.3 Å². The lowest BCUT2D eigenvalue weighted by Crippen LogP contribution is -2.22. The van der Waals surface area contributed by atoms with E-state index in [0.717, 1.165) is 16.3 Å². The van der Waals surface area contributed by atoms with E-state index in [4.69, 9.17) is 4.74 Å². The summed E-state index contributed by atoms with van der Waals surface area (Å²) in [6, 6.07) is 16.8. The highest BCUT2D eigenvalue weighted by molar-refractivity contribution is 7.13. The molecule has 0 aliphatic rings. The molecule has 0 aliphatic carbocycles. The van der Waals surface area contributed by atoms with E-state index >= 15 is 0 Å². The smallest absolute Gasteiger partial charge is 0.286 e. The quantitative estimate of drug-likeness (QED) is 0.564. The van der Waals surface area contributed by atoms with E-state index in [0.29, 0.717) is 36.5 Å². The number of para-hydroxylation sites is 1. The molecule has 0 fully saturated rings. The van der Waals surface area contributed by atoms with Crippen molar-refractivity contribution in [1.29, 1.82) is 0 Å². The molecule has 0 radical (unpaired) electrons. The van der Waals surface area contributed by atoms with Crippen LogP contribution in [0.25, 0.3) is 0 Å². The summed E-state index contributed by atoms with van der Waals surface area (Å²) in [7, 11) is 1.61. The standard InChI is InChI=1S/C21H22N4O3S/c1-28-17-10-5-7-15(13-17)14-22-18(26)11-6-12-19-24-25-21(29-19)20(27)23-16-8-3-2-4-9-16/h2-5,7-10,13H,6,11-12,14H2,1H3,(H,22,26)(H,23,27). The summed E-state index contributed by atoms with van der Waals surface area (Å²) in [4.78, 5) is 24.2.